The molecule has 2 heterocycles. The van der Waals surface area contributed by atoms with Gasteiger partial charge in [-0.15, -0.1) is 5.10 Å². The number of carbonyl (C=O) groups excluding carboxylic acids is 7. The number of amides is 8. The average Bonchev–Trinajstić information content (AvgIpc) is 0.812. The smallest absolute Gasteiger partial charge is 0.326 e. The van der Waals surface area contributed by atoms with Crippen molar-refractivity contribution in [3.8, 4) is 0 Å². The van der Waals surface area contributed by atoms with Crippen molar-refractivity contribution in [1.82, 2.24) is 72.2 Å². The van der Waals surface area contributed by atoms with Crippen molar-refractivity contribution < 1.29 is 131 Å². The van der Waals surface area contributed by atoms with E-state index in [2.05, 4.69) is 42.2 Å². The van der Waals surface area contributed by atoms with Gasteiger partial charge in [0.25, 0.3) is 5.91 Å². The van der Waals surface area contributed by atoms with Gasteiger partial charge in [-0.2, -0.15) is 3.89 Å². The van der Waals surface area contributed by atoms with Crippen molar-refractivity contribution in [3.63, 3.8) is 0 Å². The fourth-order valence-electron chi connectivity index (χ4n) is 11.6. The van der Waals surface area contributed by atoms with E-state index in [1.807, 2.05) is 10.6 Å². The number of carbonyl (C=O) groups is 14. The molecule has 0 aliphatic carbocycles. The maximum atomic E-state index is 17.1. The largest absolute Gasteiger partial charge is 0.481 e. The Morgan fingerprint density at radius 1 is 0.523 bits per heavy atom. The van der Waals surface area contributed by atoms with Crippen molar-refractivity contribution >= 4 is 117 Å². The van der Waals surface area contributed by atoms with Crippen LogP contribution in [0, 0.1) is 0 Å². The van der Waals surface area contributed by atoms with Gasteiger partial charge >= 0.3 is 47.8 Å². The highest BCUT2D eigenvalue weighted by molar-refractivity contribution is 8.31. The number of carboxylic acids is 7. The van der Waals surface area contributed by atoms with E-state index in [-0.39, 0.29) is 160 Å². The SMILES string of the molecule is CC(C)(C)S(F)(c1ccc(C(=O)NC[C@H](C(=O)N[C@@H](CCCCNC(=O)CCC(=O)NCCC[C@@H](NC(=O)CC[C@H](NC(=O)N[C@@H](CCCC(=O)O)C(=O)O)C(=O)O)C(=O)O)C(=O)O)n2cc(CNC(=O)CCP(=O)(O)CN3CCN(CP(O)CCC(=O)O)CCN(CP(=O)(O)CCC(=O)O)CC3)nn2)cc1)C(C)(C)C. The third kappa shape index (κ3) is 36.8. The summed E-state index contributed by atoms with van der Waals surface area (Å²) in [5.74, 6) is -14.0. The summed E-state index contributed by atoms with van der Waals surface area (Å²) >= 11 is 0. The maximum absolute atomic E-state index is 17.1. The van der Waals surface area contributed by atoms with Crippen molar-refractivity contribution in [2.24, 2.45) is 0 Å². The van der Waals surface area contributed by atoms with Crippen LogP contribution in [-0.4, -0.2) is 293 Å². The molecule has 1 fully saturated rings. The van der Waals surface area contributed by atoms with E-state index in [9.17, 15) is 111 Å². The van der Waals surface area contributed by atoms with Gasteiger partial charge in [0.2, 0.25) is 44.3 Å². The molecule has 40 nitrogen and oxygen atoms in total. The lowest BCUT2D eigenvalue weighted by Crippen LogP contribution is -2.51. The Morgan fingerprint density at radius 3 is 1.48 bits per heavy atom. The molecule has 0 spiro atoms. The quantitative estimate of drug-likeness (QED) is 0.0332. The Morgan fingerprint density at radius 2 is 0.973 bits per heavy atom. The van der Waals surface area contributed by atoms with Crippen LogP contribution >= 0.6 is 33.3 Å². The Kier molecular flexibility index (Phi) is 40.7. The minimum absolute atomic E-state index is 0.00179. The van der Waals surface area contributed by atoms with Gasteiger partial charge in [-0.1, -0.05) is 15.6 Å². The molecule has 1 aliphatic rings. The van der Waals surface area contributed by atoms with Gasteiger partial charge in [0.05, 0.1) is 38.2 Å². The molecule has 1 saturated heterocycles. The Hall–Kier alpha value is -8.33. The highest BCUT2D eigenvalue weighted by Crippen LogP contribution is 2.74. The summed E-state index contributed by atoms with van der Waals surface area (Å²) in [4.78, 5) is 211. The first-order valence-corrected chi connectivity index (χ1v) is 43.0. The Balaban J connectivity index is 1.63. The van der Waals surface area contributed by atoms with Crippen LogP contribution in [-0.2, 0) is 73.2 Å². The van der Waals surface area contributed by atoms with Crippen LogP contribution in [0.15, 0.2) is 35.4 Å². The molecule has 1 aromatic carbocycles. The van der Waals surface area contributed by atoms with Gasteiger partial charge in [0.1, 0.15) is 35.9 Å². The molecule has 3 rings (SSSR count). The zero-order valence-electron chi connectivity index (χ0n) is 63.0. The number of rotatable bonds is 50. The van der Waals surface area contributed by atoms with Crippen molar-refractivity contribution in [3.05, 3.63) is 41.7 Å². The van der Waals surface area contributed by atoms with E-state index in [4.69, 9.17) is 15.3 Å². The molecule has 1 aromatic heterocycles. The second kappa shape index (κ2) is 46.6. The third-order valence-electron chi connectivity index (χ3n) is 17.4. The van der Waals surface area contributed by atoms with Crippen LogP contribution in [0.3, 0.4) is 0 Å². The number of nitrogens with one attached hydrogen (secondary N) is 8. The number of nitrogens with zero attached hydrogens (tertiary/aromatic N) is 6. The summed E-state index contributed by atoms with van der Waals surface area (Å²) in [6.07, 6.45) is -4.39. The number of urea groups is 1. The predicted molar refractivity (Wildman–Crippen MR) is 401 cm³/mol. The molecule has 0 radical (unpaired) electrons. The van der Waals surface area contributed by atoms with Gasteiger partial charge in [-0.25, -0.2) is 28.7 Å². The van der Waals surface area contributed by atoms with Crippen LogP contribution < -0.4 is 42.5 Å². The zero-order chi connectivity index (χ0) is 83.6. The highest BCUT2D eigenvalue weighted by atomic mass is 32.3. The Bertz CT molecular complexity index is 3610. The molecular weight excluding hydrogens is 1550 g/mol. The standard InChI is InChI=1S/C66H108FN14O26P3S/c1-65(2,3)111(67,66(4,5)6)45-17-15-43(16-18-45)58(92)71-38-50(81-39-44(76-77-81)37-70-53(84)24-35-109(104,105)41-79-30-28-78(40-108(103)34-23-56(88)89)29-31-80(33-32-79)42-110(106,107)36-25-57(90)91)59(93)73-47(61(96)97)11-7-8-26-68-51(82)21-22-52(83)69-27-10-13-46(60(94)95)72-54(85)20-19-49(63(100)101)75-64(102)74-48(62(98)99)12-9-14-55(86)87/h15-18,39,46-50,103H,7-14,19-38,40-42H2,1-6H3,(H,68,82)(H,69,83)(H,70,84)(H,71,92)(H,72,85)(H,73,93)(H,86,87)(H,88,89)(H,90,91)(H,94,95)(H,96,97)(H,98,99)(H,100,101)(H,104,105)(H,106,107)(H2,74,75,102)/t46-,47+,48+,49+,50-,108?/m1/s1. The van der Waals surface area contributed by atoms with Gasteiger partial charge in [-0.3, -0.25) is 67.0 Å². The normalized spacial score (nSPS) is 16.2. The molecule has 8 amide bonds. The first-order valence-electron chi connectivity index (χ1n) is 35.8. The summed E-state index contributed by atoms with van der Waals surface area (Å²) in [7, 11) is -12.9. The number of aromatic nitrogens is 3. The number of hydrogen-bond acceptors (Lipinski definition) is 22. The lowest BCUT2D eigenvalue weighted by Gasteiger charge is -2.52. The van der Waals surface area contributed by atoms with Crippen molar-refractivity contribution in [2.75, 3.05) is 96.2 Å². The molecule has 1 aliphatic heterocycles. The molecule has 3 unspecified atom stereocenters. The van der Waals surface area contributed by atoms with E-state index in [0.29, 0.717) is 4.90 Å². The number of hydrogen-bond donors (Lipinski definition) is 18. The topological polar surface area (TPSA) is 612 Å². The van der Waals surface area contributed by atoms with Crippen molar-refractivity contribution in [2.45, 2.75) is 189 Å². The van der Waals surface area contributed by atoms with Crippen LogP contribution in [0.1, 0.15) is 160 Å². The third-order valence-corrected chi connectivity index (χ3v) is 26.7. The molecule has 0 saturated carbocycles. The first kappa shape index (κ1) is 96.9. The summed E-state index contributed by atoms with van der Waals surface area (Å²) in [5, 5.41) is 93.1. The average molecular weight is 1660 g/mol. The molecule has 2 aromatic rings. The molecule has 18 N–H and O–H groups in total. The Labute approximate surface area is 643 Å². The molecule has 8 atom stereocenters. The fraction of sp³-hybridized carbons (Fsp3) is 0.667. The molecule has 0 bridgehead atoms. The maximum Gasteiger partial charge on any atom is 0.326 e. The van der Waals surface area contributed by atoms with Gasteiger partial charge in [0, 0.05) is 144 Å². The minimum atomic E-state index is -4.15. The number of carboxylic acid groups (broad SMARTS) is 7. The summed E-state index contributed by atoms with van der Waals surface area (Å²) in [5.41, 5.74) is 0.134. The first-order chi connectivity index (χ1) is 51.7. The second-order valence-electron chi connectivity index (χ2n) is 28.6. The molecule has 45 heteroatoms. The minimum Gasteiger partial charge on any atom is -0.481 e. The van der Waals surface area contributed by atoms with E-state index < -0.39 is 207 Å². The van der Waals surface area contributed by atoms with Gasteiger partial charge in [0.15, 0.2) is 0 Å². The molecule has 626 valence electrons. The number of benzene rings is 1. The summed E-state index contributed by atoms with van der Waals surface area (Å²) in [6, 6.07) is -3.13. The zero-order valence-corrected chi connectivity index (χ0v) is 66.5. The van der Waals surface area contributed by atoms with Gasteiger partial charge < -0.3 is 93.0 Å². The highest BCUT2D eigenvalue weighted by Gasteiger charge is 2.48. The van der Waals surface area contributed by atoms with Crippen LogP contribution in [0.2, 0.25) is 0 Å². The monoisotopic (exact) mass is 1660 g/mol. The molecule has 111 heavy (non-hydrogen) atoms. The lowest BCUT2D eigenvalue weighted by molar-refractivity contribution is -0.142. The summed E-state index contributed by atoms with van der Waals surface area (Å²) in [6.45, 7) is 10.9. The van der Waals surface area contributed by atoms with Crippen LogP contribution in [0.25, 0.3) is 0 Å². The van der Waals surface area contributed by atoms with Crippen LogP contribution in [0.5, 0.6) is 0 Å². The second-order valence-corrected chi connectivity index (χ2v) is 39.2. The van der Waals surface area contributed by atoms with E-state index in [0.717, 1.165) is 4.68 Å². The lowest BCUT2D eigenvalue weighted by atomic mass is 10.1. The number of unbranched alkanes of at least 4 members (excludes halogenated alkanes) is 1. The van der Waals surface area contributed by atoms with Gasteiger partial charge in [-0.05, 0) is 117 Å². The fourth-order valence-corrected chi connectivity index (χ4v) is 19.9. The van der Waals surface area contributed by atoms with E-state index >= 15 is 3.89 Å². The summed E-state index contributed by atoms with van der Waals surface area (Å²) < 4.78 is 43.4. The number of aliphatic carboxylic acids is 7. The van der Waals surface area contributed by atoms with E-state index in [1.165, 1.54) is 30.5 Å². The predicted octanol–water partition coefficient (Wildman–Crippen LogP) is 1.91. The van der Waals surface area contributed by atoms with E-state index in [1.54, 1.807) is 56.2 Å². The van der Waals surface area contributed by atoms with Crippen molar-refractivity contribution in [1.29, 1.82) is 0 Å². The van der Waals surface area contributed by atoms with Crippen LogP contribution in [0.4, 0.5) is 8.68 Å². The molecular formula is C66H108FN14O26P3S. The number of halogens is 1.